The first kappa shape index (κ1) is 16.7. The van der Waals surface area contributed by atoms with E-state index in [0.29, 0.717) is 5.75 Å². The molecule has 5 nitrogen and oxygen atoms in total. The second-order valence-electron chi connectivity index (χ2n) is 5.98. The summed E-state index contributed by atoms with van der Waals surface area (Å²) in [5.41, 5.74) is 4.28. The molecule has 0 atom stereocenters. The summed E-state index contributed by atoms with van der Waals surface area (Å²) in [7, 11) is 1.52. The Morgan fingerprint density at radius 1 is 1.00 bits per heavy atom. The van der Waals surface area contributed by atoms with Gasteiger partial charge in [0.15, 0.2) is 17.1 Å². The number of pyridine rings is 2. The molecule has 4 aromatic rings. The van der Waals surface area contributed by atoms with Gasteiger partial charge in [-0.2, -0.15) is 0 Å². The lowest BCUT2D eigenvalue weighted by Crippen LogP contribution is -1.87. The lowest BCUT2D eigenvalue weighted by atomic mass is 10.1. The molecule has 0 saturated carbocycles. The highest BCUT2D eigenvalue weighted by molar-refractivity contribution is 5.83. The molecule has 0 spiro atoms. The van der Waals surface area contributed by atoms with Gasteiger partial charge in [-0.25, -0.2) is 9.97 Å². The molecule has 0 radical (unpaired) electrons. The van der Waals surface area contributed by atoms with Crippen LogP contribution in [0.25, 0.3) is 22.3 Å². The van der Waals surface area contributed by atoms with Crippen LogP contribution in [0.4, 0.5) is 5.69 Å². The Kier molecular flexibility index (Phi) is 4.49. The number of rotatable bonds is 4. The molecule has 0 aliphatic heterocycles. The number of methoxy groups -OCH3 is 1. The number of ether oxygens (including phenoxy) is 1. The van der Waals surface area contributed by atoms with Crippen LogP contribution in [0.3, 0.4) is 0 Å². The van der Waals surface area contributed by atoms with Crippen molar-refractivity contribution in [2.45, 2.75) is 0 Å². The average Bonchev–Trinajstić information content (AvgIpc) is 2.73. The fourth-order valence-electron chi connectivity index (χ4n) is 2.76. The molecule has 2 heterocycles. The number of hydrogen-bond acceptors (Lipinski definition) is 5. The Hall–Kier alpha value is -3.73. The smallest absolute Gasteiger partial charge is 0.161 e. The number of fused-ring (bicyclic) bond motifs is 1. The summed E-state index contributed by atoms with van der Waals surface area (Å²) in [6.07, 6.45) is 3.48. The third kappa shape index (κ3) is 3.62. The van der Waals surface area contributed by atoms with Crippen molar-refractivity contribution in [2.24, 2.45) is 4.99 Å². The molecule has 0 aliphatic rings. The van der Waals surface area contributed by atoms with Crippen LogP contribution in [-0.2, 0) is 0 Å². The van der Waals surface area contributed by atoms with Crippen molar-refractivity contribution < 1.29 is 9.84 Å². The summed E-state index contributed by atoms with van der Waals surface area (Å²) in [5, 5.41) is 10.7. The van der Waals surface area contributed by atoms with Gasteiger partial charge in [-0.3, -0.25) is 4.99 Å². The van der Waals surface area contributed by atoms with Crippen LogP contribution < -0.4 is 4.74 Å². The molecule has 0 aliphatic carbocycles. The van der Waals surface area contributed by atoms with Gasteiger partial charge in [0, 0.05) is 23.4 Å². The van der Waals surface area contributed by atoms with E-state index in [-0.39, 0.29) is 5.75 Å². The lowest BCUT2D eigenvalue weighted by molar-refractivity contribution is 0.373. The second-order valence-corrected chi connectivity index (χ2v) is 5.98. The predicted molar refractivity (Wildman–Crippen MR) is 107 cm³/mol. The summed E-state index contributed by atoms with van der Waals surface area (Å²) in [5.74, 6) is 0.529. The molecular formula is C22H17N3O2. The average molecular weight is 355 g/mol. The Morgan fingerprint density at radius 2 is 1.85 bits per heavy atom. The van der Waals surface area contributed by atoms with E-state index >= 15 is 0 Å². The van der Waals surface area contributed by atoms with E-state index < -0.39 is 0 Å². The van der Waals surface area contributed by atoms with E-state index in [1.165, 1.54) is 7.11 Å². The van der Waals surface area contributed by atoms with Crippen molar-refractivity contribution >= 4 is 22.9 Å². The monoisotopic (exact) mass is 355 g/mol. The molecule has 132 valence electrons. The quantitative estimate of drug-likeness (QED) is 0.536. The molecule has 2 aromatic carbocycles. The van der Waals surface area contributed by atoms with E-state index in [2.05, 4.69) is 15.0 Å². The van der Waals surface area contributed by atoms with Crippen molar-refractivity contribution in [3.63, 3.8) is 0 Å². The zero-order valence-electron chi connectivity index (χ0n) is 14.7. The Morgan fingerprint density at radius 3 is 2.67 bits per heavy atom. The number of phenolic OH excluding ortho intramolecular Hbond substituents is 1. The summed E-state index contributed by atoms with van der Waals surface area (Å²) < 4.78 is 5.11. The summed E-state index contributed by atoms with van der Waals surface area (Å²) in [4.78, 5) is 13.4. The Balaban J connectivity index is 1.56. The predicted octanol–water partition coefficient (Wildman–Crippen LogP) is 4.76. The highest BCUT2D eigenvalue weighted by atomic mass is 16.5. The van der Waals surface area contributed by atoms with Crippen molar-refractivity contribution in [3.8, 4) is 22.8 Å². The fraction of sp³-hybridized carbons (Fsp3) is 0.0455. The molecule has 27 heavy (non-hydrogen) atoms. The first-order valence-corrected chi connectivity index (χ1v) is 8.46. The van der Waals surface area contributed by atoms with Gasteiger partial charge in [-0.05, 0) is 60.2 Å². The maximum absolute atomic E-state index is 9.65. The zero-order valence-corrected chi connectivity index (χ0v) is 14.7. The van der Waals surface area contributed by atoms with Gasteiger partial charge in [0.1, 0.15) is 0 Å². The molecular weight excluding hydrogens is 338 g/mol. The number of phenols is 1. The number of nitrogens with zero attached hydrogens (tertiary/aromatic N) is 3. The molecule has 0 unspecified atom stereocenters. The van der Waals surface area contributed by atoms with E-state index in [1.807, 2.05) is 48.5 Å². The second kappa shape index (κ2) is 7.25. The van der Waals surface area contributed by atoms with E-state index in [4.69, 9.17) is 4.74 Å². The van der Waals surface area contributed by atoms with Gasteiger partial charge in [-0.15, -0.1) is 0 Å². The van der Waals surface area contributed by atoms with Gasteiger partial charge >= 0.3 is 0 Å². The highest BCUT2D eigenvalue weighted by Gasteiger charge is 2.03. The van der Waals surface area contributed by atoms with Crippen molar-refractivity contribution in [1.82, 2.24) is 9.97 Å². The lowest BCUT2D eigenvalue weighted by Gasteiger charge is -2.04. The van der Waals surface area contributed by atoms with Crippen LogP contribution in [-0.4, -0.2) is 28.4 Å². The first-order chi connectivity index (χ1) is 13.2. The van der Waals surface area contributed by atoms with Gasteiger partial charge in [0.2, 0.25) is 0 Å². The van der Waals surface area contributed by atoms with E-state index in [0.717, 1.165) is 33.5 Å². The minimum absolute atomic E-state index is 0.108. The Bertz CT molecular complexity index is 1120. The highest BCUT2D eigenvalue weighted by Crippen LogP contribution is 2.26. The van der Waals surface area contributed by atoms with E-state index in [9.17, 15) is 5.11 Å². The van der Waals surface area contributed by atoms with E-state index in [1.54, 1.807) is 30.6 Å². The van der Waals surface area contributed by atoms with Gasteiger partial charge in [0.05, 0.1) is 18.5 Å². The topological polar surface area (TPSA) is 67.6 Å². The van der Waals surface area contributed by atoms with Crippen LogP contribution in [0.2, 0.25) is 0 Å². The molecule has 0 bridgehead atoms. The molecule has 0 saturated heterocycles. The van der Waals surface area contributed by atoms with Crippen LogP contribution in [0.15, 0.2) is 77.9 Å². The number of aromatic nitrogens is 2. The van der Waals surface area contributed by atoms with Crippen LogP contribution in [0, 0.1) is 0 Å². The summed E-state index contributed by atoms with van der Waals surface area (Å²) in [6.45, 7) is 0. The standard InChI is InChI=1S/C22H17N3O2/c1-27-21-13-15(4-11-20(21)26)14-24-18-8-5-16(6-9-18)19-10-7-17-3-2-12-23-22(17)25-19/h2-14,26H,1H3. The van der Waals surface area contributed by atoms with Crippen molar-refractivity contribution in [2.75, 3.05) is 7.11 Å². The maximum atomic E-state index is 9.65. The fourth-order valence-corrected chi connectivity index (χ4v) is 2.76. The third-order valence-electron chi connectivity index (χ3n) is 4.19. The first-order valence-electron chi connectivity index (χ1n) is 8.46. The van der Waals surface area contributed by atoms with Gasteiger partial charge in [0.25, 0.3) is 0 Å². The molecule has 5 heteroatoms. The number of benzene rings is 2. The third-order valence-corrected chi connectivity index (χ3v) is 4.19. The largest absolute Gasteiger partial charge is 0.504 e. The SMILES string of the molecule is COc1cc(C=Nc2ccc(-c3ccc4cccnc4n3)cc2)ccc1O. The van der Waals surface area contributed by atoms with Gasteiger partial charge in [-0.1, -0.05) is 12.1 Å². The molecule has 1 N–H and O–H groups in total. The molecule has 2 aromatic heterocycles. The summed E-state index contributed by atoms with van der Waals surface area (Å²) >= 11 is 0. The zero-order chi connectivity index (χ0) is 18.6. The molecule has 4 rings (SSSR count). The Labute approximate surface area is 156 Å². The van der Waals surface area contributed by atoms with Crippen molar-refractivity contribution in [1.29, 1.82) is 0 Å². The normalized spacial score (nSPS) is 11.1. The number of aliphatic imine (C=N–C) groups is 1. The minimum Gasteiger partial charge on any atom is -0.504 e. The number of hydrogen-bond donors (Lipinski definition) is 1. The van der Waals surface area contributed by atoms with Crippen molar-refractivity contribution in [3.05, 3.63) is 78.5 Å². The molecule has 0 amide bonds. The van der Waals surface area contributed by atoms with Crippen LogP contribution in [0.5, 0.6) is 11.5 Å². The maximum Gasteiger partial charge on any atom is 0.161 e. The van der Waals surface area contributed by atoms with Crippen LogP contribution in [0.1, 0.15) is 5.56 Å². The molecule has 0 fully saturated rings. The van der Waals surface area contributed by atoms with Gasteiger partial charge < -0.3 is 9.84 Å². The number of aromatic hydroxyl groups is 1. The minimum atomic E-state index is 0.108. The summed E-state index contributed by atoms with van der Waals surface area (Å²) in [6, 6.07) is 20.9. The van der Waals surface area contributed by atoms with Crippen LogP contribution >= 0.6 is 0 Å².